The predicted octanol–water partition coefficient (Wildman–Crippen LogP) is 3.37. The molecule has 1 aliphatic carbocycles. The van der Waals surface area contributed by atoms with Crippen LogP contribution in [0.1, 0.15) is 26.7 Å². The Morgan fingerprint density at radius 3 is 2.88 bits per heavy atom. The van der Waals surface area contributed by atoms with E-state index in [2.05, 4.69) is 13.8 Å². The predicted molar refractivity (Wildman–Crippen MR) is 66.8 cm³/mol. The quantitative estimate of drug-likeness (QED) is 0.901. The topological polar surface area (TPSA) is 35.2 Å². The molecule has 0 radical (unpaired) electrons. The molecule has 0 saturated heterocycles. The fraction of sp³-hybridized carbons (Fsp3) is 0.538. The minimum Gasteiger partial charge on any atom is -0.487 e. The number of hydrogen-bond donors (Lipinski definition) is 1. The summed E-state index contributed by atoms with van der Waals surface area (Å²) in [7, 11) is 0. The first kappa shape index (κ1) is 12.7. The van der Waals surface area contributed by atoms with Gasteiger partial charge in [-0.25, -0.2) is 4.39 Å². The van der Waals surface area contributed by atoms with Gasteiger partial charge in [0.1, 0.15) is 6.10 Å². The lowest BCUT2D eigenvalue weighted by atomic mass is 9.62. The second-order valence-electron chi connectivity index (χ2n) is 4.86. The van der Waals surface area contributed by atoms with Crippen LogP contribution in [0.5, 0.6) is 5.75 Å². The monoisotopic (exact) mass is 257 g/mol. The highest BCUT2D eigenvalue weighted by Crippen LogP contribution is 2.45. The summed E-state index contributed by atoms with van der Waals surface area (Å²) in [6.45, 7) is 4.15. The minimum absolute atomic E-state index is 0.0320. The first-order valence-electron chi connectivity index (χ1n) is 5.85. The van der Waals surface area contributed by atoms with Crippen LogP contribution < -0.4 is 10.5 Å². The lowest BCUT2D eigenvalue weighted by molar-refractivity contribution is -0.0577. The van der Waals surface area contributed by atoms with E-state index in [-0.39, 0.29) is 28.3 Å². The molecule has 0 bridgehead atoms. The largest absolute Gasteiger partial charge is 0.487 e. The highest BCUT2D eigenvalue weighted by Gasteiger charge is 2.50. The molecule has 1 aliphatic rings. The fourth-order valence-corrected chi connectivity index (χ4v) is 2.41. The van der Waals surface area contributed by atoms with E-state index in [0.29, 0.717) is 0 Å². The van der Waals surface area contributed by atoms with Gasteiger partial charge in [-0.15, -0.1) is 0 Å². The Balaban J connectivity index is 2.15. The third-order valence-electron chi connectivity index (χ3n) is 4.00. The lowest BCUT2D eigenvalue weighted by Gasteiger charge is -2.51. The molecule has 4 heteroatoms. The number of rotatable bonds is 3. The van der Waals surface area contributed by atoms with Crippen LogP contribution in [0.3, 0.4) is 0 Å². The zero-order chi connectivity index (χ0) is 12.6. The average molecular weight is 258 g/mol. The summed E-state index contributed by atoms with van der Waals surface area (Å²) < 4.78 is 19.4. The van der Waals surface area contributed by atoms with Crippen molar-refractivity contribution < 1.29 is 9.13 Å². The summed E-state index contributed by atoms with van der Waals surface area (Å²) in [4.78, 5) is 0. The van der Waals surface area contributed by atoms with Gasteiger partial charge in [0, 0.05) is 17.9 Å². The molecule has 2 N–H and O–H groups in total. The Labute approximate surface area is 106 Å². The third kappa shape index (κ3) is 2.02. The molecule has 94 valence electrons. The summed E-state index contributed by atoms with van der Waals surface area (Å²) in [5.74, 6) is -0.276. The molecule has 0 aliphatic heterocycles. The highest BCUT2D eigenvalue weighted by atomic mass is 35.5. The van der Waals surface area contributed by atoms with Crippen LogP contribution in [0, 0.1) is 11.2 Å². The van der Waals surface area contributed by atoms with Gasteiger partial charge >= 0.3 is 0 Å². The van der Waals surface area contributed by atoms with E-state index >= 15 is 0 Å². The van der Waals surface area contributed by atoms with E-state index in [4.69, 9.17) is 22.1 Å². The van der Waals surface area contributed by atoms with Crippen LogP contribution in [-0.2, 0) is 0 Å². The van der Waals surface area contributed by atoms with Crippen molar-refractivity contribution in [3.05, 3.63) is 29.0 Å². The van der Waals surface area contributed by atoms with Crippen LogP contribution >= 0.6 is 11.6 Å². The third-order valence-corrected chi connectivity index (χ3v) is 4.29. The standard InChI is InChI=1S/C13H17ClFNO/c1-3-13(2)10(16)7-11(13)17-9-6-4-5-8(14)12(9)15/h4-6,10-11H,3,7,16H2,1-2H3. The lowest BCUT2D eigenvalue weighted by Crippen LogP contribution is -2.61. The fourth-order valence-electron chi connectivity index (χ4n) is 2.25. The summed E-state index contributed by atoms with van der Waals surface area (Å²) >= 11 is 5.71. The summed E-state index contributed by atoms with van der Waals surface area (Å²) in [6.07, 6.45) is 1.65. The molecule has 0 amide bonds. The van der Waals surface area contributed by atoms with Crippen molar-refractivity contribution in [1.29, 1.82) is 0 Å². The Kier molecular flexibility index (Phi) is 3.32. The second-order valence-corrected chi connectivity index (χ2v) is 5.27. The number of nitrogens with two attached hydrogens (primary N) is 1. The van der Waals surface area contributed by atoms with Crippen molar-refractivity contribution in [2.45, 2.75) is 38.8 Å². The van der Waals surface area contributed by atoms with Crippen LogP contribution in [-0.4, -0.2) is 12.1 Å². The van der Waals surface area contributed by atoms with Gasteiger partial charge in [-0.1, -0.05) is 31.5 Å². The van der Waals surface area contributed by atoms with Crippen LogP contribution in [0.25, 0.3) is 0 Å². The molecule has 1 fully saturated rings. The van der Waals surface area contributed by atoms with Crippen molar-refractivity contribution in [2.75, 3.05) is 0 Å². The molecule has 3 atom stereocenters. The maximum Gasteiger partial charge on any atom is 0.183 e. The molecule has 1 aromatic rings. The first-order valence-corrected chi connectivity index (χ1v) is 6.23. The summed E-state index contributed by atoms with van der Waals surface area (Å²) in [5, 5.41) is 0.0873. The zero-order valence-electron chi connectivity index (χ0n) is 10.0. The number of benzene rings is 1. The molecule has 1 saturated carbocycles. The molecule has 0 spiro atoms. The van der Waals surface area contributed by atoms with Gasteiger partial charge in [0.05, 0.1) is 5.02 Å². The smallest absolute Gasteiger partial charge is 0.183 e. The highest BCUT2D eigenvalue weighted by molar-refractivity contribution is 6.30. The summed E-state index contributed by atoms with van der Waals surface area (Å²) in [5.41, 5.74) is 5.91. The van der Waals surface area contributed by atoms with Crippen LogP contribution in [0.2, 0.25) is 5.02 Å². The summed E-state index contributed by atoms with van der Waals surface area (Å²) in [6, 6.07) is 4.92. The normalized spacial score (nSPS) is 32.1. The first-order chi connectivity index (χ1) is 7.99. The molecule has 2 rings (SSSR count). The molecule has 1 aromatic carbocycles. The average Bonchev–Trinajstić information content (AvgIpc) is 2.33. The molecule has 0 aromatic heterocycles. The minimum atomic E-state index is -0.493. The van der Waals surface area contributed by atoms with Crippen molar-refractivity contribution in [3.8, 4) is 5.75 Å². The van der Waals surface area contributed by atoms with Crippen molar-refractivity contribution in [3.63, 3.8) is 0 Å². The van der Waals surface area contributed by atoms with E-state index in [0.717, 1.165) is 12.8 Å². The molecule has 0 heterocycles. The Hall–Kier alpha value is -0.800. The van der Waals surface area contributed by atoms with E-state index in [1.54, 1.807) is 12.1 Å². The zero-order valence-corrected chi connectivity index (χ0v) is 10.8. The van der Waals surface area contributed by atoms with Gasteiger partial charge in [-0.2, -0.15) is 0 Å². The second kappa shape index (κ2) is 4.46. The van der Waals surface area contributed by atoms with E-state index in [1.807, 2.05) is 0 Å². The van der Waals surface area contributed by atoms with E-state index < -0.39 is 5.82 Å². The van der Waals surface area contributed by atoms with Gasteiger partial charge in [-0.05, 0) is 18.6 Å². The van der Waals surface area contributed by atoms with Crippen molar-refractivity contribution >= 4 is 11.6 Å². The maximum atomic E-state index is 13.7. The van der Waals surface area contributed by atoms with Gasteiger partial charge in [-0.3, -0.25) is 0 Å². The molecule has 2 nitrogen and oxygen atoms in total. The van der Waals surface area contributed by atoms with Gasteiger partial charge in [0.25, 0.3) is 0 Å². The number of ether oxygens (including phenoxy) is 1. The Morgan fingerprint density at radius 2 is 2.29 bits per heavy atom. The molecular formula is C13H17ClFNO. The maximum absolute atomic E-state index is 13.7. The Bertz CT molecular complexity index is 426. The number of hydrogen-bond acceptors (Lipinski definition) is 2. The van der Waals surface area contributed by atoms with E-state index in [9.17, 15) is 4.39 Å². The molecule has 17 heavy (non-hydrogen) atoms. The Morgan fingerprint density at radius 1 is 1.59 bits per heavy atom. The van der Waals surface area contributed by atoms with Crippen molar-refractivity contribution in [2.24, 2.45) is 11.1 Å². The molecule has 3 unspecified atom stereocenters. The van der Waals surface area contributed by atoms with Gasteiger partial charge < -0.3 is 10.5 Å². The molecular weight excluding hydrogens is 241 g/mol. The van der Waals surface area contributed by atoms with Crippen molar-refractivity contribution in [1.82, 2.24) is 0 Å². The van der Waals surface area contributed by atoms with Crippen LogP contribution in [0.15, 0.2) is 18.2 Å². The van der Waals surface area contributed by atoms with Crippen LogP contribution in [0.4, 0.5) is 4.39 Å². The van der Waals surface area contributed by atoms with E-state index in [1.165, 1.54) is 6.07 Å². The van der Waals surface area contributed by atoms with Gasteiger partial charge in [0.2, 0.25) is 0 Å². The van der Waals surface area contributed by atoms with Gasteiger partial charge in [0.15, 0.2) is 11.6 Å². The SMILES string of the molecule is CCC1(C)C(N)CC1Oc1cccc(Cl)c1F. The number of halogens is 2.